The predicted octanol–water partition coefficient (Wildman–Crippen LogP) is 3.89. The average Bonchev–Trinajstić information content (AvgIpc) is 3.08. The van der Waals surface area contributed by atoms with E-state index in [1.54, 1.807) is 0 Å². The summed E-state index contributed by atoms with van der Waals surface area (Å²) < 4.78 is 7.33. The molecule has 0 spiro atoms. The highest BCUT2D eigenvalue weighted by Gasteiger charge is 2.54. The van der Waals surface area contributed by atoms with Gasteiger partial charge in [-0.25, -0.2) is 0 Å². The van der Waals surface area contributed by atoms with Gasteiger partial charge < -0.3 is 4.74 Å². The molecule has 0 amide bonds. The first-order chi connectivity index (χ1) is 13.7. The monoisotopic (exact) mass is 376 g/mol. The van der Waals surface area contributed by atoms with Crippen LogP contribution in [0.5, 0.6) is 0 Å². The second kappa shape index (κ2) is 6.54. The van der Waals surface area contributed by atoms with Crippen LogP contribution in [0.3, 0.4) is 0 Å². The Kier molecular flexibility index (Phi) is 4.11. The van der Waals surface area contributed by atoms with E-state index < -0.39 is 5.54 Å². The summed E-state index contributed by atoms with van der Waals surface area (Å²) in [6.07, 6.45) is 2.32. The quantitative estimate of drug-likeness (QED) is 0.648. The van der Waals surface area contributed by atoms with Crippen LogP contribution < -0.4 is 0 Å². The molecule has 2 aliphatic rings. The molecular formula is C23H24N2O3. The van der Waals surface area contributed by atoms with Crippen molar-refractivity contribution >= 4 is 33.5 Å². The number of ketones is 1. The molecule has 2 aliphatic heterocycles. The van der Waals surface area contributed by atoms with Crippen LogP contribution in [0.25, 0.3) is 21.8 Å². The fraction of sp³-hybridized carbons (Fsp3) is 0.391. The second-order valence-corrected chi connectivity index (χ2v) is 7.75. The Hall–Kier alpha value is -2.50. The molecule has 1 unspecified atom stereocenters. The maximum absolute atomic E-state index is 14.1. The number of rotatable bonds is 4. The van der Waals surface area contributed by atoms with Gasteiger partial charge in [-0.05, 0) is 18.6 Å². The average molecular weight is 376 g/mol. The number of unbranched alkanes of at least 4 members (excludes halogenated alkanes) is 1. The van der Waals surface area contributed by atoms with Crippen molar-refractivity contribution in [3.8, 4) is 0 Å². The molecule has 1 atom stereocenters. The molecule has 28 heavy (non-hydrogen) atoms. The Morgan fingerprint density at radius 1 is 1.00 bits per heavy atom. The lowest BCUT2D eigenvalue weighted by molar-refractivity contribution is -0.0150. The maximum atomic E-state index is 14.1. The van der Waals surface area contributed by atoms with Gasteiger partial charge in [0.2, 0.25) is 0 Å². The number of para-hydroxylation sites is 2. The van der Waals surface area contributed by atoms with E-state index in [-0.39, 0.29) is 11.7 Å². The lowest BCUT2D eigenvalue weighted by atomic mass is 9.79. The van der Waals surface area contributed by atoms with Crippen molar-refractivity contribution in [2.24, 2.45) is 0 Å². The van der Waals surface area contributed by atoms with E-state index in [0.29, 0.717) is 38.3 Å². The number of aromatic nitrogens is 1. The van der Waals surface area contributed by atoms with Gasteiger partial charge >= 0.3 is 0 Å². The summed E-state index contributed by atoms with van der Waals surface area (Å²) in [6.45, 7) is 4.41. The molecule has 1 saturated heterocycles. The topological polar surface area (TPSA) is 51.5 Å². The Morgan fingerprint density at radius 3 is 2.54 bits per heavy atom. The van der Waals surface area contributed by atoms with Gasteiger partial charge in [-0.15, -0.1) is 0 Å². The number of Topliss-reactive ketones (excluding diaryl/α,β-unsaturated/α-hetero) is 1. The zero-order valence-corrected chi connectivity index (χ0v) is 16.1. The molecule has 0 aliphatic carbocycles. The van der Waals surface area contributed by atoms with Crippen molar-refractivity contribution in [2.75, 3.05) is 26.3 Å². The summed E-state index contributed by atoms with van der Waals surface area (Å²) in [5.41, 5.74) is 1.18. The van der Waals surface area contributed by atoms with E-state index in [2.05, 4.69) is 11.8 Å². The summed E-state index contributed by atoms with van der Waals surface area (Å²) in [4.78, 5) is 30.1. The van der Waals surface area contributed by atoms with E-state index in [4.69, 9.17) is 4.74 Å². The third-order valence-electron chi connectivity index (χ3n) is 6.31. The molecule has 0 N–H and O–H groups in total. The summed E-state index contributed by atoms with van der Waals surface area (Å²) in [5, 5.41) is 2.00. The molecule has 0 bridgehead atoms. The van der Waals surface area contributed by atoms with E-state index in [0.717, 1.165) is 34.6 Å². The lowest BCUT2D eigenvalue weighted by Gasteiger charge is -2.45. The van der Waals surface area contributed by atoms with Crippen LogP contribution >= 0.6 is 0 Å². The van der Waals surface area contributed by atoms with Gasteiger partial charge in [0.25, 0.3) is 5.91 Å². The Morgan fingerprint density at radius 2 is 1.75 bits per heavy atom. The van der Waals surface area contributed by atoms with Crippen molar-refractivity contribution in [1.82, 2.24) is 9.47 Å². The zero-order chi connectivity index (χ0) is 19.3. The summed E-state index contributed by atoms with van der Waals surface area (Å²) >= 11 is 0. The second-order valence-electron chi connectivity index (χ2n) is 7.75. The smallest absolute Gasteiger partial charge is 0.260 e. The molecule has 0 radical (unpaired) electrons. The molecule has 1 fully saturated rings. The van der Waals surface area contributed by atoms with E-state index in [1.165, 1.54) is 0 Å². The first-order valence-corrected chi connectivity index (χ1v) is 10.1. The molecular weight excluding hydrogens is 352 g/mol. The summed E-state index contributed by atoms with van der Waals surface area (Å²) in [7, 11) is 0. The molecule has 3 heterocycles. The highest BCUT2D eigenvalue weighted by Crippen LogP contribution is 2.41. The highest BCUT2D eigenvalue weighted by molar-refractivity contribution is 6.31. The van der Waals surface area contributed by atoms with Crippen LogP contribution in [-0.2, 0) is 4.74 Å². The molecule has 5 heteroatoms. The Bertz CT molecular complexity index is 1090. The van der Waals surface area contributed by atoms with Crippen LogP contribution in [0.1, 0.15) is 41.3 Å². The molecule has 0 saturated carbocycles. The molecule has 144 valence electrons. The molecule has 3 aromatic rings. The minimum atomic E-state index is -1.14. The predicted molar refractivity (Wildman–Crippen MR) is 109 cm³/mol. The number of benzene rings is 2. The Labute approximate surface area is 163 Å². The standard InChI is InChI=1S/C23H24N2O3/c1-2-3-11-23(24-12-14-28-15-13-24)21(26)18-9-6-8-17-16-7-4-5-10-19(16)25(20(17)18)22(23)27/h4-10H,2-3,11-15H2,1H3. The lowest BCUT2D eigenvalue weighted by Crippen LogP contribution is -2.65. The third kappa shape index (κ3) is 2.20. The number of fused-ring (bicyclic) bond motifs is 3. The van der Waals surface area contributed by atoms with Crippen molar-refractivity contribution in [2.45, 2.75) is 31.7 Å². The zero-order valence-electron chi connectivity index (χ0n) is 16.1. The number of carbonyl (C=O) groups is 2. The van der Waals surface area contributed by atoms with Crippen molar-refractivity contribution in [3.05, 3.63) is 48.0 Å². The fourth-order valence-corrected chi connectivity index (χ4v) is 4.95. The van der Waals surface area contributed by atoms with Gasteiger partial charge in [0.15, 0.2) is 11.3 Å². The first-order valence-electron chi connectivity index (χ1n) is 10.1. The molecule has 5 nitrogen and oxygen atoms in total. The van der Waals surface area contributed by atoms with Gasteiger partial charge in [0.05, 0.1) is 24.2 Å². The number of ether oxygens (including phenoxy) is 1. The molecule has 2 aromatic carbocycles. The fourth-order valence-electron chi connectivity index (χ4n) is 4.95. The third-order valence-corrected chi connectivity index (χ3v) is 6.31. The van der Waals surface area contributed by atoms with E-state index in [1.807, 2.05) is 47.0 Å². The Balaban J connectivity index is 1.82. The number of carbonyl (C=O) groups excluding carboxylic acids is 2. The van der Waals surface area contributed by atoms with Gasteiger partial charge in [-0.3, -0.25) is 19.1 Å². The van der Waals surface area contributed by atoms with Gasteiger partial charge in [-0.1, -0.05) is 50.1 Å². The number of hydrogen-bond donors (Lipinski definition) is 0. The van der Waals surface area contributed by atoms with Crippen LogP contribution in [0.2, 0.25) is 0 Å². The molecule has 1 aromatic heterocycles. The molecule has 5 rings (SSSR count). The van der Waals surface area contributed by atoms with E-state index >= 15 is 0 Å². The van der Waals surface area contributed by atoms with Crippen LogP contribution in [-0.4, -0.2) is 53.0 Å². The van der Waals surface area contributed by atoms with Crippen LogP contribution in [0, 0.1) is 0 Å². The minimum Gasteiger partial charge on any atom is -0.379 e. The van der Waals surface area contributed by atoms with Crippen LogP contribution in [0.15, 0.2) is 42.5 Å². The minimum absolute atomic E-state index is 0.0474. The van der Waals surface area contributed by atoms with Crippen molar-refractivity contribution < 1.29 is 14.3 Å². The van der Waals surface area contributed by atoms with Crippen molar-refractivity contribution in [3.63, 3.8) is 0 Å². The van der Waals surface area contributed by atoms with Crippen LogP contribution in [0.4, 0.5) is 0 Å². The largest absolute Gasteiger partial charge is 0.379 e. The van der Waals surface area contributed by atoms with Gasteiger partial charge in [-0.2, -0.15) is 0 Å². The SMILES string of the molecule is CCCCC1(N2CCOCC2)C(=O)c2cccc3c4ccccc4n(c23)C1=O. The number of nitrogens with zero attached hydrogens (tertiary/aromatic N) is 2. The maximum Gasteiger partial charge on any atom is 0.260 e. The summed E-state index contributed by atoms with van der Waals surface area (Å²) in [6, 6.07) is 13.8. The van der Waals surface area contributed by atoms with Crippen molar-refractivity contribution in [1.29, 1.82) is 0 Å². The summed E-state index contributed by atoms with van der Waals surface area (Å²) in [5.74, 6) is -0.147. The normalized spacial score (nSPS) is 23.0. The van der Waals surface area contributed by atoms with Gasteiger partial charge in [0.1, 0.15) is 0 Å². The number of hydrogen-bond acceptors (Lipinski definition) is 4. The number of morpholine rings is 1. The van der Waals surface area contributed by atoms with E-state index in [9.17, 15) is 9.59 Å². The first kappa shape index (κ1) is 17.6. The van der Waals surface area contributed by atoms with Gasteiger partial charge in [0, 0.05) is 29.4 Å². The highest BCUT2D eigenvalue weighted by atomic mass is 16.5.